The lowest BCUT2D eigenvalue weighted by atomic mass is 9.33. The monoisotopic (exact) mass is 774 g/mol. The van der Waals surface area contributed by atoms with Gasteiger partial charge in [0.1, 0.15) is 4.83 Å². The van der Waals surface area contributed by atoms with E-state index in [2.05, 4.69) is 208 Å². The zero-order valence-electron chi connectivity index (χ0n) is 36.3. The fourth-order valence-corrected chi connectivity index (χ4v) is 10.9. The van der Waals surface area contributed by atoms with Gasteiger partial charge in [-0.3, -0.25) is 0 Å². The van der Waals surface area contributed by atoms with E-state index in [0.29, 0.717) is 0 Å². The average Bonchev–Trinajstić information content (AvgIpc) is 3.70. The summed E-state index contributed by atoms with van der Waals surface area (Å²) in [5.41, 5.74) is 18.5. The average molecular weight is 775 g/mol. The molecule has 0 atom stereocenters. The van der Waals surface area contributed by atoms with Crippen LogP contribution >= 0.6 is 11.3 Å². The van der Waals surface area contributed by atoms with Crippen molar-refractivity contribution in [1.82, 2.24) is 4.57 Å². The molecule has 2 aliphatic heterocycles. The first-order chi connectivity index (χ1) is 27.3. The van der Waals surface area contributed by atoms with Crippen LogP contribution in [0.25, 0.3) is 48.0 Å². The topological polar surface area (TPSA) is 8.17 Å². The molecule has 290 valence electrons. The van der Waals surface area contributed by atoms with E-state index >= 15 is 0 Å². The molecule has 8 aromatic rings. The largest absolute Gasteiger partial charge is 0.311 e. The molecule has 0 bridgehead atoms. The molecule has 0 spiro atoms. The second-order valence-electron chi connectivity index (χ2n) is 21.1. The number of anilines is 3. The Kier molecular flexibility index (Phi) is 7.86. The van der Waals surface area contributed by atoms with Gasteiger partial charge in [0.25, 0.3) is 6.71 Å². The molecule has 10 rings (SSSR count). The maximum atomic E-state index is 2.68. The van der Waals surface area contributed by atoms with Crippen LogP contribution in [0, 0.1) is 0 Å². The van der Waals surface area contributed by atoms with Crippen LogP contribution in [0.2, 0.25) is 0 Å². The van der Waals surface area contributed by atoms with E-state index in [-0.39, 0.29) is 28.4 Å². The summed E-state index contributed by atoms with van der Waals surface area (Å²) >= 11 is 1.94. The van der Waals surface area contributed by atoms with Crippen LogP contribution < -0.4 is 21.3 Å². The number of benzene rings is 6. The summed E-state index contributed by atoms with van der Waals surface area (Å²) in [6, 6.07) is 45.0. The minimum absolute atomic E-state index is 0.00156. The Labute approximate surface area is 349 Å². The number of thiophene rings is 1. The summed E-state index contributed by atoms with van der Waals surface area (Å²) in [4.78, 5) is 4.00. The molecule has 0 saturated heterocycles. The van der Waals surface area contributed by atoms with E-state index in [1.807, 2.05) is 11.3 Å². The Morgan fingerprint density at radius 2 is 1.05 bits per heavy atom. The summed E-state index contributed by atoms with van der Waals surface area (Å²) in [5.74, 6) is 0. The Morgan fingerprint density at radius 3 is 1.74 bits per heavy atom. The molecule has 0 N–H and O–H groups in total. The van der Waals surface area contributed by atoms with Crippen LogP contribution in [0.1, 0.15) is 105 Å². The number of aromatic nitrogens is 1. The third-order valence-corrected chi connectivity index (χ3v) is 14.2. The van der Waals surface area contributed by atoms with Crippen LogP contribution in [0.15, 0.2) is 115 Å². The van der Waals surface area contributed by atoms with Gasteiger partial charge in [0.2, 0.25) is 0 Å². The van der Waals surface area contributed by atoms with Crippen molar-refractivity contribution in [2.24, 2.45) is 0 Å². The van der Waals surface area contributed by atoms with Gasteiger partial charge in [-0.05, 0) is 108 Å². The van der Waals surface area contributed by atoms with Crippen molar-refractivity contribution in [2.45, 2.75) is 105 Å². The molecule has 0 fully saturated rings. The van der Waals surface area contributed by atoms with Gasteiger partial charge in [-0.1, -0.05) is 156 Å². The predicted molar refractivity (Wildman–Crippen MR) is 256 cm³/mol. The highest BCUT2D eigenvalue weighted by molar-refractivity contribution is 7.26. The van der Waals surface area contributed by atoms with Gasteiger partial charge < -0.3 is 9.47 Å². The van der Waals surface area contributed by atoms with Crippen LogP contribution in [-0.4, -0.2) is 11.3 Å². The van der Waals surface area contributed by atoms with E-state index in [4.69, 9.17) is 0 Å². The van der Waals surface area contributed by atoms with Gasteiger partial charge >= 0.3 is 0 Å². The highest BCUT2D eigenvalue weighted by Crippen LogP contribution is 2.49. The second kappa shape index (κ2) is 12.2. The molecule has 0 radical (unpaired) electrons. The molecule has 0 saturated carbocycles. The lowest BCUT2D eigenvalue weighted by molar-refractivity contribution is 0.589. The highest BCUT2D eigenvalue weighted by Gasteiger charge is 2.44. The number of rotatable bonds is 2. The van der Waals surface area contributed by atoms with E-state index < -0.39 is 0 Å². The number of fused-ring (bicyclic) bond motifs is 9. The predicted octanol–water partition coefficient (Wildman–Crippen LogP) is 13.5. The summed E-state index contributed by atoms with van der Waals surface area (Å²) < 4.78 is 4.02. The Morgan fingerprint density at radius 1 is 0.466 bits per heavy atom. The van der Waals surface area contributed by atoms with Gasteiger partial charge in [-0.25, -0.2) is 0 Å². The molecule has 4 heterocycles. The molecule has 0 unspecified atom stereocenters. The van der Waals surface area contributed by atoms with E-state index in [1.54, 1.807) is 0 Å². The Balaban J connectivity index is 1.41. The molecule has 2 nitrogen and oxygen atoms in total. The zero-order valence-corrected chi connectivity index (χ0v) is 37.2. The van der Waals surface area contributed by atoms with Crippen molar-refractivity contribution in [1.29, 1.82) is 0 Å². The summed E-state index contributed by atoms with van der Waals surface area (Å²) in [7, 11) is 0. The third kappa shape index (κ3) is 5.50. The van der Waals surface area contributed by atoms with E-state index in [0.717, 1.165) is 0 Å². The van der Waals surface area contributed by atoms with Gasteiger partial charge in [0.15, 0.2) is 0 Å². The molecule has 58 heavy (non-hydrogen) atoms. The van der Waals surface area contributed by atoms with Gasteiger partial charge in [0.05, 0.1) is 11.2 Å². The van der Waals surface area contributed by atoms with Crippen molar-refractivity contribution in [3.63, 3.8) is 0 Å². The maximum absolute atomic E-state index is 2.68. The van der Waals surface area contributed by atoms with Gasteiger partial charge in [-0.2, -0.15) is 0 Å². The molecule has 6 aromatic carbocycles. The smallest absolute Gasteiger partial charge is 0.252 e. The van der Waals surface area contributed by atoms with Crippen LogP contribution in [0.4, 0.5) is 17.1 Å². The first-order valence-electron chi connectivity index (χ1n) is 21.1. The number of hydrogen-bond donors (Lipinski definition) is 0. The summed E-state index contributed by atoms with van der Waals surface area (Å²) in [6.45, 7) is 28.3. The lowest BCUT2D eigenvalue weighted by Gasteiger charge is -2.43. The first-order valence-corrected chi connectivity index (χ1v) is 22.0. The van der Waals surface area contributed by atoms with Gasteiger partial charge in [-0.15, -0.1) is 11.3 Å². The molecule has 0 aliphatic carbocycles. The normalized spacial score (nSPS) is 14.1. The lowest BCUT2D eigenvalue weighted by Crippen LogP contribution is -2.60. The number of hydrogen-bond acceptors (Lipinski definition) is 2. The summed E-state index contributed by atoms with van der Waals surface area (Å²) in [6.07, 6.45) is 0. The molecule has 2 aliphatic rings. The van der Waals surface area contributed by atoms with E-state index in [1.165, 1.54) is 104 Å². The van der Waals surface area contributed by atoms with Crippen molar-refractivity contribution >= 4 is 82.7 Å². The van der Waals surface area contributed by atoms with Crippen molar-refractivity contribution in [3.05, 3.63) is 138 Å². The fourth-order valence-electron chi connectivity index (χ4n) is 9.62. The molecule has 0 amide bonds. The SMILES string of the molecule is CC(C)(C)c1ccc(N2c3cc(C(C)(C)C)ccc3B3c4c2cc(C(C)(C)C)cc4-n2c4sc5ccccc5c4c4cc(C(C)(C)C)cc3c42)c(-c2ccccc2)c1. The highest BCUT2D eigenvalue weighted by atomic mass is 32.1. The van der Waals surface area contributed by atoms with Crippen LogP contribution in [0.3, 0.4) is 0 Å². The third-order valence-electron chi connectivity index (χ3n) is 13.0. The minimum Gasteiger partial charge on any atom is -0.311 e. The zero-order chi connectivity index (χ0) is 40.8. The number of nitrogens with zero attached hydrogens (tertiary/aromatic N) is 2. The van der Waals surface area contributed by atoms with Gasteiger partial charge in [0, 0.05) is 43.5 Å². The standard InChI is InChI=1S/C54H55BN2S/c1-51(2,3)33-23-25-42(38(26-33)32-18-14-13-15-19-32)56-43-29-34(52(4,5)6)22-24-40(43)55-41-28-35(53(7,8)9)27-39-47-37-20-16-17-21-46(37)58-50(47)57(49(39)41)45-31-36(54(10,11)12)30-44(56)48(45)55/h13-31H,1-12H3. The Hall–Kier alpha value is -5.06. The summed E-state index contributed by atoms with van der Waals surface area (Å²) in [5, 5.41) is 4.12. The minimum atomic E-state index is -0.0828. The van der Waals surface area contributed by atoms with Crippen molar-refractivity contribution in [3.8, 4) is 16.8 Å². The molecular formula is C54H55BN2S. The second-order valence-corrected chi connectivity index (χ2v) is 22.2. The maximum Gasteiger partial charge on any atom is 0.252 e. The van der Waals surface area contributed by atoms with Crippen LogP contribution in [-0.2, 0) is 21.7 Å². The van der Waals surface area contributed by atoms with Crippen molar-refractivity contribution in [2.75, 3.05) is 4.90 Å². The molecule has 2 aromatic heterocycles. The van der Waals surface area contributed by atoms with Crippen LogP contribution in [0.5, 0.6) is 0 Å². The fraction of sp³-hybridized carbons (Fsp3) is 0.296. The Bertz CT molecular complexity index is 2990. The van der Waals surface area contributed by atoms with E-state index in [9.17, 15) is 0 Å². The van der Waals surface area contributed by atoms with Crippen molar-refractivity contribution < 1.29 is 0 Å². The first kappa shape index (κ1) is 37.2. The molecule has 4 heteroatoms. The molecular weight excluding hydrogens is 719 g/mol. The quantitative estimate of drug-likeness (QED) is 0.159.